The molecule has 0 fully saturated rings. The van der Waals surface area contributed by atoms with Crippen molar-refractivity contribution in [3.05, 3.63) is 54.3 Å². The molecule has 164 valence electrons. The van der Waals surface area contributed by atoms with Gasteiger partial charge in [0.2, 0.25) is 0 Å². The summed E-state index contributed by atoms with van der Waals surface area (Å²) in [5, 5.41) is 3.35. The molecule has 30 heavy (non-hydrogen) atoms. The van der Waals surface area contributed by atoms with E-state index in [0.29, 0.717) is 6.42 Å². The Balaban J connectivity index is 1.82. The predicted octanol–water partition coefficient (Wildman–Crippen LogP) is 6.57. The summed E-state index contributed by atoms with van der Waals surface area (Å²) in [5.74, 6) is 1.02. The molecule has 0 amide bonds. The zero-order chi connectivity index (χ0) is 21.8. The highest BCUT2D eigenvalue weighted by molar-refractivity contribution is 6.04. The third-order valence-electron chi connectivity index (χ3n) is 5.75. The zero-order valence-electron chi connectivity index (χ0n) is 18.9. The Morgan fingerprint density at radius 3 is 2.57 bits per heavy atom. The van der Waals surface area contributed by atoms with Crippen molar-refractivity contribution in [1.29, 1.82) is 0 Å². The fourth-order valence-corrected chi connectivity index (χ4v) is 3.81. The van der Waals surface area contributed by atoms with Crippen LogP contribution in [-0.4, -0.2) is 17.2 Å². The molecule has 0 saturated heterocycles. The minimum absolute atomic E-state index is 0.256. The highest BCUT2D eigenvalue weighted by Crippen LogP contribution is 2.22. The smallest absolute Gasteiger partial charge is 0.163 e. The average Bonchev–Trinajstić information content (AvgIpc) is 2.73. The number of amidine groups is 1. The van der Waals surface area contributed by atoms with Crippen molar-refractivity contribution in [2.24, 2.45) is 10.7 Å². The number of benzene rings is 1. The van der Waals surface area contributed by atoms with Gasteiger partial charge in [0, 0.05) is 23.9 Å². The van der Waals surface area contributed by atoms with Crippen LogP contribution < -0.4 is 11.1 Å². The molecule has 3 N–H and O–H groups in total. The standard InChI is InChI=1S/C26H39N3O/c1-4-6-7-8-9-10-11-12-13-15-24(30)23-17-16-22(20-21(23)5-2)29-25-26(3,27)18-14-19-28-25/h4,14,16-17,19-20H,1,5-13,15,18,27H2,2-3H3,(H,28,29). The molecule has 1 aromatic rings. The topological polar surface area (TPSA) is 67.5 Å². The van der Waals surface area contributed by atoms with Gasteiger partial charge in [-0.05, 0) is 62.8 Å². The van der Waals surface area contributed by atoms with Gasteiger partial charge in [0.15, 0.2) is 5.78 Å². The second kappa shape index (κ2) is 12.5. The van der Waals surface area contributed by atoms with E-state index >= 15 is 0 Å². The van der Waals surface area contributed by atoms with Gasteiger partial charge in [0.25, 0.3) is 0 Å². The lowest BCUT2D eigenvalue weighted by molar-refractivity contribution is 0.0978. The number of carbonyl (C=O) groups excluding carboxylic acids is 1. The Bertz CT molecular complexity index is 762. The molecule has 1 aliphatic rings. The summed E-state index contributed by atoms with van der Waals surface area (Å²) in [4.78, 5) is 17.2. The van der Waals surface area contributed by atoms with E-state index in [2.05, 4.69) is 29.9 Å². The van der Waals surface area contributed by atoms with Crippen LogP contribution in [-0.2, 0) is 6.42 Å². The normalized spacial score (nSPS) is 18.2. The average molecular weight is 410 g/mol. The molecule has 4 nitrogen and oxygen atoms in total. The van der Waals surface area contributed by atoms with Crippen molar-refractivity contribution >= 4 is 17.3 Å². The van der Waals surface area contributed by atoms with Gasteiger partial charge in [-0.15, -0.1) is 6.58 Å². The first kappa shape index (κ1) is 24.1. The molecular formula is C26H39N3O. The lowest BCUT2D eigenvalue weighted by atomic mass is 9.94. The van der Waals surface area contributed by atoms with Gasteiger partial charge < -0.3 is 11.1 Å². The monoisotopic (exact) mass is 409 g/mol. The molecule has 1 aromatic carbocycles. The predicted molar refractivity (Wildman–Crippen MR) is 129 cm³/mol. The number of nitrogens with one attached hydrogen (secondary N) is 1. The molecule has 0 saturated carbocycles. The minimum atomic E-state index is -0.499. The summed E-state index contributed by atoms with van der Waals surface area (Å²) in [6.45, 7) is 7.83. The molecule has 0 aromatic heterocycles. The Morgan fingerprint density at radius 2 is 1.90 bits per heavy atom. The van der Waals surface area contributed by atoms with Crippen LogP contribution >= 0.6 is 0 Å². The number of aryl methyl sites for hydroxylation is 1. The number of carbonyl (C=O) groups is 1. The number of anilines is 1. The van der Waals surface area contributed by atoms with Crippen LogP contribution in [0.5, 0.6) is 0 Å². The molecule has 0 spiro atoms. The molecule has 1 atom stereocenters. The largest absolute Gasteiger partial charge is 0.342 e. The summed E-state index contributed by atoms with van der Waals surface area (Å²) in [6, 6.07) is 5.98. The van der Waals surface area contributed by atoms with Gasteiger partial charge in [-0.1, -0.05) is 51.2 Å². The molecule has 4 heteroatoms. The molecule has 0 aliphatic carbocycles. The van der Waals surface area contributed by atoms with Crippen LogP contribution in [0.1, 0.15) is 94.0 Å². The Labute approximate surface area is 182 Å². The van der Waals surface area contributed by atoms with Gasteiger partial charge in [-0.25, -0.2) is 4.99 Å². The van der Waals surface area contributed by atoms with Crippen molar-refractivity contribution in [2.75, 3.05) is 5.32 Å². The molecule has 2 rings (SSSR count). The molecule has 1 heterocycles. The number of unbranched alkanes of at least 4 members (excludes halogenated alkanes) is 7. The van der Waals surface area contributed by atoms with Gasteiger partial charge in [0.05, 0.1) is 5.54 Å². The Morgan fingerprint density at radius 1 is 1.20 bits per heavy atom. The zero-order valence-corrected chi connectivity index (χ0v) is 18.9. The fourth-order valence-electron chi connectivity index (χ4n) is 3.81. The third-order valence-corrected chi connectivity index (χ3v) is 5.75. The number of allylic oxidation sites excluding steroid dienone is 1. The maximum atomic E-state index is 12.8. The van der Waals surface area contributed by atoms with E-state index in [0.717, 1.165) is 54.8 Å². The van der Waals surface area contributed by atoms with E-state index < -0.39 is 5.54 Å². The van der Waals surface area contributed by atoms with E-state index in [1.54, 1.807) is 6.20 Å². The summed E-state index contributed by atoms with van der Waals surface area (Å²) in [7, 11) is 0. The number of Topliss-reactive ketones (excluding diaryl/α,β-unsaturated/α-hetero) is 1. The quantitative estimate of drug-likeness (QED) is 0.220. The maximum Gasteiger partial charge on any atom is 0.163 e. The first-order valence-electron chi connectivity index (χ1n) is 11.5. The summed E-state index contributed by atoms with van der Waals surface area (Å²) in [5.41, 5.74) is 8.71. The number of nitrogens with two attached hydrogens (primary N) is 1. The van der Waals surface area contributed by atoms with Crippen molar-refractivity contribution in [3.8, 4) is 0 Å². The third kappa shape index (κ3) is 7.56. The van der Waals surface area contributed by atoms with Crippen molar-refractivity contribution in [1.82, 2.24) is 0 Å². The number of aliphatic imine (C=N–C) groups is 1. The van der Waals surface area contributed by atoms with Crippen LogP contribution in [0.2, 0.25) is 0 Å². The first-order chi connectivity index (χ1) is 14.5. The van der Waals surface area contributed by atoms with Gasteiger partial charge in [-0.3, -0.25) is 4.79 Å². The van der Waals surface area contributed by atoms with Crippen molar-refractivity contribution in [2.45, 2.75) is 90.0 Å². The molecule has 0 radical (unpaired) electrons. The fraction of sp³-hybridized carbons (Fsp3) is 0.538. The van der Waals surface area contributed by atoms with Crippen LogP contribution in [0.15, 0.2) is 48.1 Å². The van der Waals surface area contributed by atoms with Gasteiger partial charge in [-0.2, -0.15) is 0 Å². The Hall–Kier alpha value is -2.20. The van der Waals surface area contributed by atoms with Crippen LogP contribution in [0.4, 0.5) is 5.69 Å². The molecular weight excluding hydrogens is 370 g/mol. The SMILES string of the molecule is C=CCCCCCCCCCC(=O)c1ccc(NC2=NC=CCC2(C)N)cc1CC. The molecule has 0 bridgehead atoms. The molecule has 1 unspecified atom stereocenters. The van der Waals surface area contributed by atoms with E-state index in [9.17, 15) is 4.79 Å². The van der Waals surface area contributed by atoms with E-state index in [1.165, 1.54) is 32.1 Å². The summed E-state index contributed by atoms with van der Waals surface area (Å²) >= 11 is 0. The van der Waals surface area contributed by atoms with Crippen molar-refractivity contribution in [3.63, 3.8) is 0 Å². The van der Waals surface area contributed by atoms with E-state index in [4.69, 9.17) is 5.73 Å². The highest BCUT2D eigenvalue weighted by Gasteiger charge is 2.26. The minimum Gasteiger partial charge on any atom is -0.342 e. The number of rotatable bonds is 13. The lowest BCUT2D eigenvalue weighted by Crippen LogP contribution is -2.49. The van der Waals surface area contributed by atoms with Crippen molar-refractivity contribution < 1.29 is 4.79 Å². The van der Waals surface area contributed by atoms with E-state index in [-0.39, 0.29) is 5.78 Å². The first-order valence-corrected chi connectivity index (χ1v) is 11.5. The number of hydrogen-bond acceptors (Lipinski definition) is 4. The van der Waals surface area contributed by atoms with Gasteiger partial charge in [0.1, 0.15) is 5.84 Å². The number of ketones is 1. The number of nitrogens with zero attached hydrogens (tertiary/aromatic N) is 1. The number of hydrogen-bond donors (Lipinski definition) is 2. The van der Waals surface area contributed by atoms with Crippen LogP contribution in [0.25, 0.3) is 0 Å². The lowest BCUT2D eigenvalue weighted by Gasteiger charge is -2.28. The second-order valence-electron chi connectivity index (χ2n) is 8.56. The Kier molecular flexibility index (Phi) is 10.0. The highest BCUT2D eigenvalue weighted by atomic mass is 16.1. The van der Waals surface area contributed by atoms with Gasteiger partial charge >= 0.3 is 0 Å². The van der Waals surface area contributed by atoms with E-state index in [1.807, 2.05) is 31.2 Å². The summed E-state index contributed by atoms with van der Waals surface area (Å²) < 4.78 is 0. The van der Waals surface area contributed by atoms with Crippen LogP contribution in [0, 0.1) is 0 Å². The molecule has 1 aliphatic heterocycles. The maximum absolute atomic E-state index is 12.8. The second-order valence-corrected chi connectivity index (χ2v) is 8.56. The summed E-state index contributed by atoms with van der Waals surface area (Å²) in [6.07, 6.45) is 17.5. The van der Waals surface area contributed by atoms with Crippen LogP contribution in [0.3, 0.4) is 0 Å².